The van der Waals surface area contributed by atoms with Crippen LogP contribution in [0.2, 0.25) is 0 Å². The molecule has 3 rings (SSSR count). The van der Waals surface area contributed by atoms with E-state index in [0.717, 1.165) is 4.90 Å². The quantitative estimate of drug-likeness (QED) is 0.630. The predicted octanol–water partition coefficient (Wildman–Crippen LogP) is 2.38. The van der Waals surface area contributed by atoms with Crippen LogP contribution in [0.15, 0.2) is 48.0 Å². The number of urea groups is 1. The molecule has 4 amide bonds. The van der Waals surface area contributed by atoms with Crippen molar-refractivity contribution in [2.75, 3.05) is 26.2 Å². The minimum absolute atomic E-state index is 0.231. The number of anilines is 1. The maximum atomic E-state index is 12.9. The molecule has 0 aromatic heterocycles. The Labute approximate surface area is 161 Å². The molecule has 1 saturated heterocycles. The summed E-state index contributed by atoms with van der Waals surface area (Å²) in [4.78, 5) is 38.4. The Kier molecular flexibility index (Phi) is 5.30. The van der Waals surface area contributed by atoms with E-state index in [9.17, 15) is 14.4 Å². The van der Waals surface area contributed by atoms with Crippen LogP contribution in [0.5, 0.6) is 17.2 Å². The molecular weight excluding hydrogens is 364 g/mol. The number of nitrogens with zero attached hydrogens (tertiary/aromatic N) is 1. The highest BCUT2D eigenvalue weighted by atomic mass is 16.5. The third-order valence-electron chi connectivity index (χ3n) is 4.16. The second-order valence-electron chi connectivity index (χ2n) is 5.74. The van der Waals surface area contributed by atoms with Crippen molar-refractivity contribution in [2.45, 2.75) is 0 Å². The second-order valence-corrected chi connectivity index (χ2v) is 5.74. The minimum atomic E-state index is -0.813. The molecule has 0 bridgehead atoms. The maximum absolute atomic E-state index is 12.9. The van der Waals surface area contributed by atoms with Crippen molar-refractivity contribution in [3.63, 3.8) is 0 Å². The number of carbonyl (C=O) groups excluding carboxylic acids is 3. The highest BCUT2D eigenvalue weighted by Crippen LogP contribution is 2.36. The number of nitrogens with one attached hydrogen (secondary N) is 1. The Bertz CT molecular complexity index is 943. The number of amides is 4. The van der Waals surface area contributed by atoms with E-state index in [1.165, 1.54) is 27.4 Å². The van der Waals surface area contributed by atoms with Crippen LogP contribution < -0.4 is 24.4 Å². The average molecular weight is 382 g/mol. The smallest absolute Gasteiger partial charge is 0.335 e. The molecule has 1 aliphatic rings. The van der Waals surface area contributed by atoms with Crippen LogP contribution in [0.25, 0.3) is 6.08 Å². The van der Waals surface area contributed by atoms with Crippen molar-refractivity contribution in [2.24, 2.45) is 0 Å². The van der Waals surface area contributed by atoms with Crippen LogP contribution in [-0.4, -0.2) is 39.2 Å². The summed E-state index contributed by atoms with van der Waals surface area (Å²) < 4.78 is 15.9. The number of rotatable bonds is 5. The number of hydrogen-bond donors (Lipinski definition) is 1. The summed E-state index contributed by atoms with van der Waals surface area (Å²) in [5.74, 6) is -0.390. The Morgan fingerprint density at radius 1 is 0.893 bits per heavy atom. The molecule has 0 atom stereocenters. The van der Waals surface area contributed by atoms with E-state index in [1.807, 2.05) is 0 Å². The SMILES string of the molecule is COc1cc(OC)c(C=C2C(=O)NC(=O)N(c3ccccc3)C2=O)c(OC)c1. The van der Waals surface area contributed by atoms with E-state index in [2.05, 4.69) is 5.32 Å². The molecule has 0 saturated carbocycles. The number of ether oxygens (including phenoxy) is 3. The van der Waals surface area contributed by atoms with Gasteiger partial charge in [-0.25, -0.2) is 9.69 Å². The number of barbiturate groups is 1. The Morgan fingerprint density at radius 3 is 2.04 bits per heavy atom. The van der Waals surface area contributed by atoms with Crippen molar-refractivity contribution in [3.8, 4) is 17.2 Å². The first-order valence-electron chi connectivity index (χ1n) is 8.26. The van der Waals surface area contributed by atoms with Gasteiger partial charge in [0.05, 0.1) is 32.6 Å². The van der Waals surface area contributed by atoms with Gasteiger partial charge in [0.25, 0.3) is 11.8 Å². The zero-order valence-electron chi connectivity index (χ0n) is 15.5. The first-order valence-corrected chi connectivity index (χ1v) is 8.26. The molecule has 1 aliphatic heterocycles. The first kappa shape index (κ1) is 19.0. The lowest BCUT2D eigenvalue weighted by molar-refractivity contribution is -0.122. The van der Waals surface area contributed by atoms with Gasteiger partial charge in [0.15, 0.2) is 0 Å². The molecule has 1 fully saturated rings. The molecule has 0 unspecified atom stereocenters. The summed E-state index contributed by atoms with van der Waals surface area (Å²) >= 11 is 0. The van der Waals surface area contributed by atoms with Gasteiger partial charge in [0, 0.05) is 12.1 Å². The van der Waals surface area contributed by atoms with Crippen molar-refractivity contribution >= 4 is 29.6 Å². The van der Waals surface area contributed by atoms with E-state index in [1.54, 1.807) is 42.5 Å². The van der Waals surface area contributed by atoms with Crippen molar-refractivity contribution in [1.82, 2.24) is 5.32 Å². The molecule has 0 spiro atoms. The summed E-state index contributed by atoms with van der Waals surface area (Å²) in [5, 5.41) is 2.18. The number of methoxy groups -OCH3 is 3. The fraction of sp³-hybridized carbons (Fsp3) is 0.150. The van der Waals surface area contributed by atoms with Gasteiger partial charge in [-0.15, -0.1) is 0 Å². The monoisotopic (exact) mass is 382 g/mol. The van der Waals surface area contributed by atoms with E-state index in [4.69, 9.17) is 14.2 Å². The molecule has 8 nitrogen and oxygen atoms in total. The maximum Gasteiger partial charge on any atom is 0.335 e. The van der Waals surface area contributed by atoms with Crippen molar-refractivity contribution in [1.29, 1.82) is 0 Å². The fourth-order valence-electron chi connectivity index (χ4n) is 2.79. The Hall–Kier alpha value is -3.81. The molecule has 8 heteroatoms. The number of carbonyl (C=O) groups is 3. The van der Waals surface area contributed by atoms with Gasteiger partial charge in [-0.2, -0.15) is 0 Å². The zero-order chi connectivity index (χ0) is 20.3. The number of hydrogen-bond acceptors (Lipinski definition) is 6. The lowest BCUT2D eigenvalue weighted by Crippen LogP contribution is -2.54. The van der Waals surface area contributed by atoms with Crippen LogP contribution in [0.1, 0.15) is 5.56 Å². The van der Waals surface area contributed by atoms with E-state index in [-0.39, 0.29) is 5.57 Å². The minimum Gasteiger partial charge on any atom is -0.496 e. The highest BCUT2D eigenvalue weighted by molar-refractivity contribution is 6.39. The van der Waals surface area contributed by atoms with Gasteiger partial charge in [0.1, 0.15) is 22.8 Å². The fourth-order valence-corrected chi connectivity index (χ4v) is 2.79. The van der Waals surface area contributed by atoms with Gasteiger partial charge in [-0.3, -0.25) is 14.9 Å². The first-order chi connectivity index (χ1) is 13.5. The van der Waals surface area contributed by atoms with Crippen LogP contribution in [0.4, 0.5) is 10.5 Å². The predicted molar refractivity (Wildman–Crippen MR) is 102 cm³/mol. The normalized spacial score (nSPS) is 15.5. The van der Waals surface area contributed by atoms with E-state index < -0.39 is 17.8 Å². The third-order valence-corrected chi connectivity index (χ3v) is 4.16. The largest absolute Gasteiger partial charge is 0.496 e. The van der Waals surface area contributed by atoms with Crippen LogP contribution >= 0.6 is 0 Å². The van der Waals surface area contributed by atoms with Gasteiger partial charge >= 0.3 is 6.03 Å². The van der Waals surface area contributed by atoms with Gasteiger partial charge in [0.2, 0.25) is 0 Å². The molecule has 2 aromatic rings. The summed E-state index contributed by atoms with van der Waals surface area (Å²) in [7, 11) is 4.38. The van der Waals surface area contributed by atoms with Crippen LogP contribution in [-0.2, 0) is 9.59 Å². The number of benzene rings is 2. The van der Waals surface area contributed by atoms with Crippen molar-refractivity contribution in [3.05, 3.63) is 53.6 Å². The van der Waals surface area contributed by atoms with Crippen LogP contribution in [0.3, 0.4) is 0 Å². The summed E-state index contributed by atoms with van der Waals surface area (Å²) in [6, 6.07) is 10.7. The molecule has 28 heavy (non-hydrogen) atoms. The van der Waals surface area contributed by atoms with Crippen molar-refractivity contribution < 1.29 is 28.6 Å². The van der Waals surface area contributed by atoms with Gasteiger partial charge in [-0.05, 0) is 18.2 Å². The number of imide groups is 2. The lowest BCUT2D eigenvalue weighted by Gasteiger charge is -2.26. The molecular formula is C20H18N2O6. The Morgan fingerprint density at radius 2 is 1.50 bits per heavy atom. The summed E-state index contributed by atoms with van der Waals surface area (Å²) in [6.45, 7) is 0. The lowest BCUT2D eigenvalue weighted by atomic mass is 10.0. The standard InChI is InChI=1S/C20H18N2O6/c1-26-13-9-16(27-2)14(17(10-13)28-3)11-15-18(23)21-20(25)22(19(15)24)12-7-5-4-6-8-12/h4-11H,1-3H3,(H,21,23,25). The van der Waals surface area contributed by atoms with Gasteiger partial charge < -0.3 is 14.2 Å². The molecule has 0 aliphatic carbocycles. The zero-order valence-corrected chi connectivity index (χ0v) is 15.5. The van der Waals surface area contributed by atoms with E-state index in [0.29, 0.717) is 28.5 Å². The number of para-hydroxylation sites is 1. The highest BCUT2D eigenvalue weighted by Gasteiger charge is 2.37. The molecule has 2 aromatic carbocycles. The van der Waals surface area contributed by atoms with E-state index >= 15 is 0 Å². The molecule has 1 heterocycles. The second kappa shape index (κ2) is 7.83. The topological polar surface area (TPSA) is 94.2 Å². The molecule has 0 radical (unpaired) electrons. The Balaban J connectivity index is 2.12. The van der Waals surface area contributed by atoms with Gasteiger partial charge in [-0.1, -0.05) is 18.2 Å². The average Bonchev–Trinajstić information content (AvgIpc) is 2.71. The molecule has 144 valence electrons. The molecule has 1 N–H and O–H groups in total. The van der Waals surface area contributed by atoms with Crippen LogP contribution in [0, 0.1) is 0 Å². The third kappa shape index (κ3) is 3.39. The summed E-state index contributed by atoms with van der Waals surface area (Å²) in [6.07, 6.45) is 1.33. The summed E-state index contributed by atoms with van der Waals surface area (Å²) in [5.41, 5.74) is 0.481.